The van der Waals surface area contributed by atoms with Gasteiger partial charge >= 0.3 is 0 Å². The first-order chi connectivity index (χ1) is 11.5. The Morgan fingerprint density at radius 1 is 1.17 bits per heavy atom. The van der Waals surface area contributed by atoms with Gasteiger partial charge < -0.3 is 15.0 Å². The van der Waals surface area contributed by atoms with E-state index in [1.807, 2.05) is 43.3 Å². The van der Waals surface area contributed by atoms with Crippen LogP contribution in [0, 0.1) is 6.92 Å². The van der Waals surface area contributed by atoms with Gasteiger partial charge in [0.25, 0.3) is 5.91 Å². The molecule has 0 fully saturated rings. The third kappa shape index (κ3) is 4.74. The van der Waals surface area contributed by atoms with Crippen molar-refractivity contribution in [2.45, 2.75) is 20.8 Å². The molecule has 0 atom stereocenters. The van der Waals surface area contributed by atoms with Crippen molar-refractivity contribution in [3.63, 3.8) is 0 Å². The van der Waals surface area contributed by atoms with E-state index >= 15 is 0 Å². The molecule has 0 spiro atoms. The van der Waals surface area contributed by atoms with Gasteiger partial charge in [0.1, 0.15) is 5.75 Å². The number of benzene rings is 2. The molecule has 2 aromatic carbocycles. The number of rotatable bonds is 7. The summed E-state index contributed by atoms with van der Waals surface area (Å²) in [5, 5.41) is 2.90. The summed E-state index contributed by atoms with van der Waals surface area (Å²) in [5.74, 6) is 0.477. The van der Waals surface area contributed by atoms with Gasteiger partial charge in [-0.1, -0.05) is 12.1 Å². The molecule has 0 heterocycles. The summed E-state index contributed by atoms with van der Waals surface area (Å²) >= 11 is 3.40. The van der Waals surface area contributed by atoms with Crippen LogP contribution in [0.5, 0.6) is 5.75 Å². The molecule has 0 aliphatic rings. The van der Waals surface area contributed by atoms with Crippen molar-refractivity contribution in [3.05, 3.63) is 52.5 Å². The van der Waals surface area contributed by atoms with Crippen molar-refractivity contribution in [1.29, 1.82) is 0 Å². The van der Waals surface area contributed by atoms with Crippen LogP contribution >= 0.6 is 15.9 Å². The largest absolute Gasteiger partial charge is 0.483 e. The molecular formula is C19H23BrN2O2. The lowest BCUT2D eigenvalue weighted by molar-refractivity contribution is -0.118. The van der Waals surface area contributed by atoms with Crippen LogP contribution in [0.2, 0.25) is 0 Å². The predicted octanol–water partition coefficient (Wildman–Crippen LogP) is 4.62. The van der Waals surface area contributed by atoms with E-state index in [9.17, 15) is 4.79 Å². The molecule has 128 valence electrons. The molecule has 24 heavy (non-hydrogen) atoms. The lowest BCUT2D eigenvalue weighted by atomic mass is 10.1. The van der Waals surface area contributed by atoms with Crippen LogP contribution in [-0.2, 0) is 4.79 Å². The highest BCUT2D eigenvalue weighted by Gasteiger charge is 2.09. The number of anilines is 2. The Kier molecular flexibility index (Phi) is 6.67. The van der Waals surface area contributed by atoms with E-state index in [-0.39, 0.29) is 12.5 Å². The number of halogens is 1. The number of carbonyl (C=O) groups is 1. The summed E-state index contributed by atoms with van der Waals surface area (Å²) in [6.07, 6.45) is 0. The third-order valence-corrected chi connectivity index (χ3v) is 4.46. The normalized spacial score (nSPS) is 10.3. The number of ether oxygens (including phenoxy) is 1. The van der Waals surface area contributed by atoms with Gasteiger partial charge in [0.2, 0.25) is 0 Å². The average molecular weight is 391 g/mol. The van der Waals surface area contributed by atoms with E-state index in [4.69, 9.17) is 4.74 Å². The maximum absolute atomic E-state index is 12.1. The van der Waals surface area contributed by atoms with Crippen LogP contribution in [0.1, 0.15) is 19.4 Å². The third-order valence-electron chi connectivity index (χ3n) is 3.81. The minimum Gasteiger partial charge on any atom is -0.483 e. The van der Waals surface area contributed by atoms with E-state index in [0.717, 1.165) is 28.8 Å². The van der Waals surface area contributed by atoms with Crippen LogP contribution in [-0.4, -0.2) is 25.6 Å². The highest BCUT2D eigenvalue weighted by atomic mass is 79.9. The Morgan fingerprint density at radius 3 is 2.50 bits per heavy atom. The van der Waals surface area contributed by atoms with Crippen molar-refractivity contribution in [2.24, 2.45) is 0 Å². The van der Waals surface area contributed by atoms with E-state index in [2.05, 4.69) is 46.1 Å². The minimum absolute atomic E-state index is 0.0279. The lowest BCUT2D eigenvalue weighted by Crippen LogP contribution is -2.23. The molecule has 0 radical (unpaired) electrons. The minimum atomic E-state index is -0.176. The maximum atomic E-state index is 12.1. The summed E-state index contributed by atoms with van der Waals surface area (Å²) in [6.45, 7) is 8.15. The molecule has 0 aliphatic carbocycles. The summed E-state index contributed by atoms with van der Waals surface area (Å²) in [4.78, 5) is 14.4. The van der Waals surface area contributed by atoms with Crippen molar-refractivity contribution in [1.82, 2.24) is 0 Å². The zero-order chi connectivity index (χ0) is 17.5. The topological polar surface area (TPSA) is 41.6 Å². The van der Waals surface area contributed by atoms with Gasteiger partial charge in [-0.2, -0.15) is 0 Å². The molecule has 0 bridgehead atoms. The van der Waals surface area contributed by atoms with E-state index in [0.29, 0.717) is 5.75 Å². The Bertz CT molecular complexity index is 700. The number of carbonyl (C=O) groups excluding carboxylic acids is 1. The standard InChI is InChI=1S/C19H23BrN2O2/c1-4-22(5-2)15-10-11-17(14(3)12-15)21-19(23)13-24-18-9-7-6-8-16(18)20/h6-12H,4-5,13H2,1-3H3,(H,21,23). The van der Waals surface area contributed by atoms with Crippen LogP contribution in [0.25, 0.3) is 0 Å². The quantitative estimate of drug-likeness (QED) is 0.749. The van der Waals surface area contributed by atoms with Crippen molar-refractivity contribution < 1.29 is 9.53 Å². The molecule has 0 aliphatic heterocycles. The molecule has 0 saturated heterocycles. The molecule has 2 rings (SSSR count). The number of para-hydroxylation sites is 1. The molecule has 1 N–H and O–H groups in total. The van der Waals surface area contributed by atoms with Gasteiger partial charge in [-0.25, -0.2) is 0 Å². The van der Waals surface area contributed by atoms with E-state index in [1.165, 1.54) is 5.69 Å². The van der Waals surface area contributed by atoms with Gasteiger partial charge in [-0.15, -0.1) is 0 Å². The van der Waals surface area contributed by atoms with Crippen LogP contribution in [0.4, 0.5) is 11.4 Å². The highest BCUT2D eigenvalue weighted by Crippen LogP contribution is 2.24. The van der Waals surface area contributed by atoms with Crippen LogP contribution in [0.3, 0.4) is 0 Å². The smallest absolute Gasteiger partial charge is 0.262 e. The van der Waals surface area contributed by atoms with Crippen LogP contribution < -0.4 is 15.0 Å². The summed E-state index contributed by atoms with van der Waals surface area (Å²) < 4.78 is 6.37. The Morgan fingerprint density at radius 2 is 1.88 bits per heavy atom. The maximum Gasteiger partial charge on any atom is 0.262 e. The average Bonchev–Trinajstić information content (AvgIpc) is 2.57. The monoisotopic (exact) mass is 390 g/mol. The Hall–Kier alpha value is -2.01. The van der Waals surface area contributed by atoms with Crippen molar-refractivity contribution in [2.75, 3.05) is 29.9 Å². The molecule has 0 aromatic heterocycles. The number of nitrogens with one attached hydrogen (secondary N) is 1. The zero-order valence-electron chi connectivity index (χ0n) is 14.3. The second kappa shape index (κ2) is 8.73. The first kappa shape index (κ1) is 18.3. The molecule has 0 unspecified atom stereocenters. The molecule has 0 saturated carbocycles. The number of nitrogens with zero attached hydrogens (tertiary/aromatic N) is 1. The fraction of sp³-hybridized carbons (Fsp3) is 0.316. The highest BCUT2D eigenvalue weighted by molar-refractivity contribution is 9.10. The molecular weight excluding hydrogens is 368 g/mol. The number of amides is 1. The fourth-order valence-electron chi connectivity index (χ4n) is 2.46. The van der Waals surface area contributed by atoms with Crippen molar-refractivity contribution >= 4 is 33.2 Å². The summed E-state index contributed by atoms with van der Waals surface area (Å²) in [7, 11) is 0. The second-order valence-corrected chi connectivity index (χ2v) is 6.29. The zero-order valence-corrected chi connectivity index (χ0v) is 15.9. The SMILES string of the molecule is CCN(CC)c1ccc(NC(=O)COc2ccccc2Br)c(C)c1. The first-order valence-corrected chi connectivity index (χ1v) is 8.87. The fourth-order valence-corrected chi connectivity index (χ4v) is 2.86. The summed E-state index contributed by atoms with van der Waals surface area (Å²) in [6, 6.07) is 13.5. The van der Waals surface area contributed by atoms with Gasteiger partial charge in [-0.05, 0) is 72.6 Å². The lowest BCUT2D eigenvalue weighted by Gasteiger charge is -2.22. The predicted molar refractivity (Wildman–Crippen MR) is 103 cm³/mol. The second-order valence-electron chi connectivity index (χ2n) is 5.44. The molecule has 4 nitrogen and oxygen atoms in total. The van der Waals surface area contributed by atoms with Gasteiger partial charge in [-0.3, -0.25) is 4.79 Å². The Labute approximate surface area is 151 Å². The Balaban J connectivity index is 1.98. The van der Waals surface area contributed by atoms with Crippen molar-refractivity contribution in [3.8, 4) is 5.75 Å². The van der Waals surface area contributed by atoms with Gasteiger partial charge in [0, 0.05) is 24.5 Å². The summed E-state index contributed by atoms with van der Waals surface area (Å²) in [5.41, 5.74) is 3.01. The molecule has 2 aromatic rings. The number of aryl methyl sites for hydroxylation is 1. The number of hydrogen-bond acceptors (Lipinski definition) is 3. The van der Waals surface area contributed by atoms with E-state index in [1.54, 1.807) is 0 Å². The van der Waals surface area contributed by atoms with Gasteiger partial charge in [0.15, 0.2) is 6.61 Å². The van der Waals surface area contributed by atoms with E-state index < -0.39 is 0 Å². The molecule has 5 heteroatoms. The first-order valence-electron chi connectivity index (χ1n) is 8.08. The number of hydrogen-bond donors (Lipinski definition) is 1. The van der Waals surface area contributed by atoms with Gasteiger partial charge in [0.05, 0.1) is 4.47 Å². The molecule has 1 amide bonds. The van der Waals surface area contributed by atoms with Crippen LogP contribution in [0.15, 0.2) is 46.9 Å².